The third-order valence-corrected chi connectivity index (χ3v) is 1.78. The second-order valence-corrected chi connectivity index (χ2v) is 2.98. The molecule has 0 aromatic heterocycles. The Hall–Kier alpha value is -2.44. The Bertz CT molecular complexity index is 431. The molecule has 0 spiro atoms. The molecule has 0 bridgehead atoms. The SMILES string of the molecule is N/C(CNC(=O)c1ccc(O)cc1O)=N/O. The lowest BCUT2D eigenvalue weighted by atomic mass is 10.2. The van der Waals surface area contributed by atoms with Crippen molar-refractivity contribution in [3.8, 4) is 11.5 Å². The van der Waals surface area contributed by atoms with Gasteiger partial charge in [0.2, 0.25) is 0 Å². The van der Waals surface area contributed by atoms with Crippen LogP contribution in [-0.2, 0) is 0 Å². The fourth-order valence-corrected chi connectivity index (χ4v) is 1.01. The molecule has 0 radical (unpaired) electrons. The fraction of sp³-hybridized carbons (Fsp3) is 0.111. The van der Waals surface area contributed by atoms with E-state index >= 15 is 0 Å². The van der Waals surface area contributed by atoms with Crippen molar-refractivity contribution in [2.45, 2.75) is 0 Å². The maximum atomic E-state index is 11.5. The van der Waals surface area contributed by atoms with Crippen LogP contribution in [-0.4, -0.2) is 33.7 Å². The molecule has 1 amide bonds. The lowest BCUT2D eigenvalue weighted by molar-refractivity contribution is 0.0956. The zero-order chi connectivity index (χ0) is 12.1. The molecule has 7 nitrogen and oxygen atoms in total. The van der Waals surface area contributed by atoms with Crippen LogP contribution in [0.5, 0.6) is 11.5 Å². The molecule has 6 N–H and O–H groups in total. The Morgan fingerprint density at radius 3 is 2.69 bits per heavy atom. The first-order valence-electron chi connectivity index (χ1n) is 4.31. The van der Waals surface area contributed by atoms with Crippen LogP contribution in [0.2, 0.25) is 0 Å². The summed E-state index contributed by atoms with van der Waals surface area (Å²) >= 11 is 0. The molecule has 0 unspecified atom stereocenters. The molecular weight excluding hydrogens is 214 g/mol. The molecule has 0 atom stereocenters. The van der Waals surface area contributed by atoms with Crippen LogP contribution in [0.4, 0.5) is 0 Å². The normalized spacial score (nSPS) is 11.1. The highest BCUT2D eigenvalue weighted by Crippen LogP contribution is 2.22. The van der Waals surface area contributed by atoms with E-state index in [1.54, 1.807) is 0 Å². The van der Waals surface area contributed by atoms with Crippen LogP contribution in [0.15, 0.2) is 23.4 Å². The van der Waals surface area contributed by atoms with Gasteiger partial charge in [0.15, 0.2) is 5.84 Å². The average molecular weight is 225 g/mol. The summed E-state index contributed by atoms with van der Waals surface area (Å²) in [5, 5.41) is 31.6. The number of phenolic OH excluding ortho intramolecular Hbond substituents is 2. The van der Waals surface area contributed by atoms with E-state index < -0.39 is 5.91 Å². The second-order valence-electron chi connectivity index (χ2n) is 2.98. The molecule has 0 saturated heterocycles. The van der Waals surface area contributed by atoms with Crippen LogP contribution < -0.4 is 11.1 Å². The van der Waals surface area contributed by atoms with Crippen molar-refractivity contribution in [1.29, 1.82) is 0 Å². The van der Waals surface area contributed by atoms with Gasteiger partial charge in [0.05, 0.1) is 12.1 Å². The van der Waals surface area contributed by atoms with Gasteiger partial charge in [0.25, 0.3) is 5.91 Å². The van der Waals surface area contributed by atoms with Gasteiger partial charge in [-0.3, -0.25) is 4.79 Å². The molecule has 86 valence electrons. The molecule has 1 rings (SSSR count). The van der Waals surface area contributed by atoms with Gasteiger partial charge >= 0.3 is 0 Å². The highest BCUT2D eigenvalue weighted by atomic mass is 16.4. The van der Waals surface area contributed by atoms with Crippen molar-refractivity contribution in [3.05, 3.63) is 23.8 Å². The maximum Gasteiger partial charge on any atom is 0.255 e. The number of nitrogens with two attached hydrogens (primary N) is 1. The zero-order valence-electron chi connectivity index (χ0n) is 8.21. The van der Waals surface area contributed by atoms with Crippen molar-refractivity contribution >= 4 is 11.7 Å². The molecule has 7 heteroatoms. The van der Waals surface area contributed by atoms with Gasteiger partial charge in [-0.1, -0.05) is 5.16 Å². The quantitative estimate of drug-likeness (QED) is 0.206. The third-order valence-electron chi connectivity index (χ3n) is 1.78. The van der Waals surface area contributed by atoms with Gasteiger partial charge in [0, 0.05) is 6.07 Å². The number of oxime groups is 1. The Balaban J connectivity index is 2.74. The largest absolute Gasteiger partial charge is 0.508 e. The van der Waals surface area contributed by atoms with Gasteiger partial charge in [-0.15, -0.1) is 0 Å². The molecule has 0 aliphatic rings. The van der Waals surface area contributed by atoms with Crippen LogP contribution >= 0.6 is 0 Å². The Morgan fingerprint density at radius 1 is 1.44 bits per heavy atom. The number of hydrogen-bond donors (Lipinski definition) is 5. The predicted molar refractivity (Wildman–Crippen MR) is 55.5 cm³/mol. The summed E-state index contributed by atoms with van der Waals surface area (Å²) in [7, 11) is 0. The molecule has 0 saturated carbocycles. The molecule has 1 aromatic carbocycles. The van der Waals surface area contributed by atoms with E-state index in [0.29, 0.717) is 0 Å². The Kier molecular flexibility index (Phi) is 3.54. The summed E-state index contributed by atoms with van der Waals surface area (Å²) in [5.41, 5.74) is 5.13. The van der Waals surface area contributed by atoms with Gasteiger partial charge in [-0.2, -0.15) is 0 Å². The van der Waals surface area contributed by atoms with Gasteiger partial charge in [-0.25, -0.2) is 0 Å². The van der Waals surface area contributed by atoms with Crippen LogP contribution in [0.1, 0.15) is 10.4 Å². The molecule has 1 aromatic rings. The number of amides is 1. The van der Waals surface area contributed by atoms with Crippen LogP contribution in [0, 0.1) is 0 Å². The summed E-state index contributed by atoms with van der Waals surface area (Å²) < 4.78 is 0. The number of hydrogen-bond acceptors (Lipinski definition) is 5. The number of aromatic hydroxyl groups is 2. The van der Waals surface area contributed by atoms with Crippen LogP contribution in [0.25, 0.3) is 0 Å². The Labute approximate surface area is 90.8 Å². The summed E-state index contributed by atoms with van der Waals surface area (Å²) in [6.45, 7) is -0.143. The molecule has 16 heavy (non-hydrogen) atoms. The minimum absolute atomic E-state index is 0.0106. The first kappa shape index (κ1) is 11.6. The molecule has 0 aliphatic heterocycles. The number of nitrogens with zero attached hydrogens (tertiary/aromatic N) is 1. The highest BCUT2D eigenvalue weighted by molar-refractivity contribution is 5.99. The van der Waals surface area contributed by atoms with Crippen molar-refractivity contribution < 1.29 is 20.2 Å². The van der Waals surface area contributed by atoms with Crippen molar-refractivity contribution in [2.24, 2.45) is 10.9 Å². The lowest BCUT2D eigenvalue weighted by Crippen LogP contribution is -2.33. The van der Waals surface area contributed by atoms with Gasteiger partial charge in [-0.05, 0) is 12.1 Å². The maximum absolute atomic E-state index is 11.5. The number of phenols is 2. The number of nitrogens with one attached hydrogen (secondary N) is 1. The molecule has 0 heterocycles. The van der Waals surface area contributed by atoms with E-state index in [1.165, 1.54) is 12.1 Å². The average Bonchev–Trinajstić information content (AvgIpc) is 2.25. The standard InChI is InChI=1S/C9H11N3O4/c10-8(12-16)4-11-9(15)6-2-1-5(13)3-7(6)14/h1-3,13-14,16H,4H2,(H2,10,12)(H,11,15). The minimum atomic E-state index is -0.593. The third kappa shape index (κ3) is 2.77. The first-order valence-corrected chi connectivity index (χ1v) is 4.31. The van der Waals surface area contributed by atoms with Crippen molar-refractivity contribution in [3.63, 3.8) is 0 Å². The van der Waals surface area contributed by atoms with Crippen molar-refractivity contribution in [1.82, 2.24) is 5.32 Å². The van der Waals surface area contributed by atoms with E-state index in [-0.39, 0.29) is 29.4 Å². The second kappa shape index (κ2) is 4.87. The molecular formula is C9H11N3O4. The van der Waals surface area contributed by atoms with E-state index in [2.05, 4.69) is 10.5 Å². The number of amidine groups is 1. The summed E-state index contributed by atoms with van der Waals surface area (Å²) in [6.07, 6.45) is 0. The molecule has 0 fully saturated rings. The summed E-state index contributed by atoms with van der Waals surface area (Å²) in [6, 6.07) is 3.56. The number of benzene rings is 1. The smallest absolute Gasteiger partial charge is 0.255 e. The van der Waals surface area contributed by atoms with Crippen molar-refractivity contribution in [2.75, 3.05) is 6.54 Å². The number of rotatable bonds is 3. The van der Waals surface area contributed by atoms with E-state index in [1.807, 2.05) is 0 Å². The summed E-state index contributed by atoms with van der Waals surface area (Å²) in [5.74, 6) is -1.25. The Morgan fingerprint density at radius 2 is 2.12 bits per heavy atom. The minimum Gasteiger partial charge on any atom is -0.508 e. The van der Waals surface area contributed by atoms with Crippen LogP contribution in [0.3, 0.4) is 0 Å². The number of carbonyl (C=O) groups is 1. The van der Waals surface area contributed by atoms with E-state index in [9.17, 15) is 9.90 Å². The summed E-state index contributed by atoms with van der Waals surface area (Å²) in [4.78, 5) is 11.5. The van der Waals surface area contributed by atoms with Gasteiger partial charge < -0.3 is 26.5 Å². The fourth-order valence-electron chi connectivity index (χ4n) is 1.01. The first-order chi connectivity index (χ1) is 7.54. The lowest BCUT2D eigenvalue weighted by Gasteiger charge is -2.05. The number of carbonyl (C=O) groups excluding carboxylic acids is 1. The monoisotopic (exact) mass is 225 g/mol. The topological polar surface area (TPSA) is 128 Å². The van der Waals surface area contributed by atoms with E-state index in [0.717, 1.165) is 6.07 Å². The predicted octanol–water partition coefficient (Wildman–Crippen LogP) is -0.426. The van der Waals surface area contributed by atoms with E-state index in [4.69, 9.17) is 16.0 Å². The zero-order valence-corrected chi connectivity index (χ0v) is 8.21. The molecule has 0 aliphatic carbocycles. The highest BCUT2D eigenvalue weighted by Gasteiger charge is 2.11. The van der Waals surface area contributed by atoms with Gasteiger partial charge in [0.1, 0.15) is 11.5 Å².